The van der Waals surface area contributed by atoms with Gasteiger partial charge in [-0.1, -0.05) is 30.3 Å². The van der Waals surface area contributed by atoms with Crippen LogP contribution in [0.3, 0.4) is 0 Å². The number of carbonyl (C=O) groups is 1. The minimum atomic E-state index is -0.0942. The van der Waals surface area contributed by atoms with E-state index in [4.69, 9.17) is 4.74 Å². The van der Waals surface area contributed by atoms with E-state index in [0.717, 1.165) is 42.0 Å². The van der Waals surface area contributed by atoms with Crippen molar-refractivity contribution in [2.45, 2.75) is 12.8 Å². The maximum absolute atomic E-state index is 12.7. The van der Waals surface area contributed by atoms with Crippen molar-refractivity contribution in [2.75, 3.05) is 30.4 Å². The maximum atomic E-state index is 12.7. The van der Waals surface area contributed by atoms with E-state index in [0.29, 0.717) is 12.5 Å². The van der Waals surface area contributed by atoms with Crippen LogP contribution in [0.4, 0.5) is 11.6 Å². The van der Waals surface area contributed by atoms with E-state index in [-0.39, 0.29) is 11.8 Å². The van der Waals surface area contributed by atoms with E-state index in [1.165, 1.54) is 0 Å². The molecular formula is C23H24N4O2. The quantitative estimate of drug-likeness (QED) is 0.715. The van der Waals surface area contributed by atoms with Crippen LogP contribution < -0.4 is 15.0 Å². The number of aromatic nitrogens is 2. The Bertz CT molecular complexity index is 943. The van der Waals surface area contributed by atoms with Crippen LogP contribution >= 0.6 is 0 Å². The number of rotatable bonds is 5. The lowest BCUT2D eigenvalue weighted by Gasteiger charge is -2.32. The Kier molecular flexibility index (Phi) is 5.70. The first-order valence-corrected chi connectivity index (χ1v) is 9.80. The second-order valence-corrected chi connectivity index (χ2v) is 7.14. The third kappa shape index (κ3) is 4.54. The lowest BCUT2D eigenvalue weighted by atomic mass is 9.97. The summed E-state index contributed by atoms with van der Waals surface area (Å²) in [6.45, 7) is 1.48. The highest BCUT2D eigenvalue weighted by atomic mass is 16.5. The average molecular weight is 388 g/mol. The van der Waals surface area contributed by atoms with Crippen molar-refractivity contribution < 1.29 is 9.53 Å². The monoisotopic (exact) mass is 388 g/mol. The number of nitrogens with zero attached hydrogens (tertiary/aromatic N) is 3. The van der Waals surface area contributed by atoms with Crippen LogP contribution in [0.1, 0.15) is 12.8 Å². The normalized spacial score (nSPS) is 16.3. The molecule has 6 heteroatoms. The highest BCUT2D eigenvalue weighted by Crippen LogP contribution is 2.24. The second kappa shape index (κ2) is 8.73. The number of benzene rings is 2. The largest absolute Gasteiger partial charge is 0.497 e. The van der Waals surface area contributed by atoms with Gasteiger partial charge in [-0.2, -0.15) is 0 Å². The van der Waals surface area contributed by atoms with E-state index in [1.54, 1.807) is 7.11 Å². The van der Waals surface area contributed by atoms with Gasteiger partial charge in [-0.15, -0.1) is 0 Å². The molecule has 6 nitrogen and oxygen atoms in total. The lowest BCUT2D eigenvalue weighted by Crippen LogP contribution is -2.41. The molecule has 29 heavy (non-hydrogen) atoms. The summed E-state index contributed by atoms with van der Waals surface area (Å²) in [6, 6.07) is 17.4. The van der Waals surface area contributed by atoms with Crippen LogP contribution in [0.15, 0.2) is 67.0 Å². The molecule has 1 amide bonds. The van der Waals surface area contributed by atoms with Gasteiger partial charge in [0.2, 0.25) is 11.9 Å². The van der Waals surface area contributed by atoms with Gasteiger partial charge in [0.1, 0.15) is 5.75 Å². The molecule has 0 aliphatic carbocycles. The van der Waals surface area contributed by atoms with Crippen LogP contribution in [0.25, 0.3) is 11.1 Å². The molecule has 1 unspecified atom stereocenters. The Morgan fingerprint density at radius 1 is 1.03 bits per heavy atom. The predicted molar refractivity (Wildman–Crippen MR) is 114 cm³/mol. The number of amides is 1. The molecule has 148 valence electrons. The molecule has 0 radical (unpaired) electrons. The van der Waals surface area contributed by atoms with E-state index < -0.39 is 0 Å². The van der Waals surface area contributed by atoms with E-state index in [1.807, 2.05) is 67.0 Å². The van der Waals surface area contributed by atoms with E-state index >= 15 is 0 Å². The third-order valence-electron chi connectivity index (χ3n) is 5.18. The standard InChI is InChI=1S/C23H24N4O2/c1-29-21-11-9-20(10-12-21)26-22(28)18-8-5-13-27(16-18)23-24-14-19(15-25-23)17-6-3-2-4-7-17/h2-4,6-7,9-12,14-15,18H,5,8,13,16H2,1H3,(H,26,28). The number of piperidine rings is 1. The molecule has 0 saturated carbocycles. The Morgan fingerprint density at radius 3 is 2.45 bits per heavy atom. The molecule has 1 saturated heterocycles. The number of ether oxygens (including phenoxy) is 1. The van der Waals surface area contributed by atoms with Gasteiger partial charge in [0, 0.05) is 36.7 Å². The average Bonchev–Trinajstić information content (AvgIpc) is 2.80. The fraction of sp³-hybridized carbons (Fsp3) is 0.261. The Labute approximate surface area is 170 Å². The summed E-state index contributed by atoms with van der Waals surface area (Å²) >= 11 is 0. The van der Waals surface area contributed by atoms with E-state index in [2.05, 4.69) is 20.2 Å². The number of nitrogens with one attached hydrogen (secondary N) is 1. The number of methoxy groups -OCH3 is 1. The number of carbonyl (C=O) groups excluding carboxylic acids is 1. The van der Waals surface area contributed by atoms with Gasteiger partial charge in [0.25, 0.3) is 0 Å². The van der Waals surface area contributed by atoms with Crippen LogP contribution in [0.2, 0.25) is 0 Å². The smallest absolute Gasteiger partial charge is 0.229 e. The fourth-order valence-corrected chi connectivity index (χ4v) is 3.56. The molecule has 1 aliphatic rings. The van der Waals surface area contributed by atoms with Gasteiger partial charge in [-0.05, 0) is 42.7 Å². The second-order valence-electron chi connectivity index (χ2n) is 7.14. The molecule has 2 aromatic carbocycles. The first-order chi connectivity index (χ1) is 14.2. The summed E-state index contributed by atoms with van der Waals surface area (Å²) in [5, 5.41) is 3.00. The Balaban J connectivity index is 1.40. The van der Waals surface area contributed by atoms with Crippen LogP contribution in [-0.4, -0.2) is 36.1 Å². The fourth-order valence-electron chi connectivity index (χ4n) is 3.56. The number of hydrogen-bond acceptors (Lipinski definition) is 5. The van der Waals surface area contributed by atoms with Gasteiger partial charge in [0.05, 0.1) is 13.0 Å². The molecule has 4 rings (SSSR count). The minimum Gasteiger partial charge on any atom is -0.497 e. The molecule has 1 aromatic heterocycles. The zero-order valence-electron chi connectivity index (χ0n) is 16.4. The maximum Gasteiger partial charge on any atom is 0.229 e. The van der Waals surface area contributed by atoms with E-state index in [9.17, 15) is 4.79 Å². The summed E-state index contributed by atoms with van der Waals surface area (Å²) in [7, 11) is 1.62. The first kappa shape index (κ1) is 18.9. The predicted octanol–water partition coefficient (Wildman–Crippen LogP) is 4.01. The van der Waals surface area contributed by atoms with Crippen molar-refractivity contribution in [3.63, 3.8) is 0 Å². The zero-order valence-corrected chi connectivity index (χ0v) is 16.4. The van der Waals surface area contributed by atoms with Crippen molar-refractivity contribution >= 4 is 17.5 Å². The van der Waals surface area contributed by atoms with Crippen LogP contribution in [0.5, 0.6) is 5.75 Å². The molecule has 1 atom stereocenters. The molecule has 0 bridgehead atoms. The highest BCUT2D eigenvalue weighted by Gasteiger charge is 2.27. The van der Waals surface area contributed by atoms with Gasteiger partial charge >= 0.3 is 0 Å². The molecule has 0 spiro atoms. The highest BCUT2D eigenvalue weighted by molar-refractivity contribution is 5.93. The third-order valence-corrected chi connectivity index (χ3v) is 5.18. The zero-order chi connectivity index (χ0) is 20.1. The summed E-state index contributed by atoms with van der Waals surface area (Å²) in [4.78, 5) is 23.9. The van der Waals surface area contributed by atoms with Crippen molar-refractivity contribution in [1.82, 2.24) is 9.97 Å². The molecule has 3 aromatic rings. The van der Waals surface area contributed by atoms with Crippen molar-refractivity contribution in [3.8, 4) is 16.9 Å². The van der Waals surface area contributed by atoms with Crippen molar-refractivity contribution in [3.05, 3.63) is 67.0 Å². The lowest BCUT2D eigenvalue weighted by molar-refractivity contribution is -0.120. The minimum absolute atomic E-state index is 0.0285. The SMILES string of the molecule is COc1ccc(NC(=O)C2CCCN(c3ncc(-c4ccccc4)cn3)C2)cc1. The topological polar surface area (TPSA) is 67.3 Å². The first-order valence-electron chi connectivity index (χ1n) is 9.80. The van der Waals surface area contributed by atoms with Crippen LogP contribution in [-0.2, 0) is 4.79 Å². The van der Waals surface area contributed by atoms with Crippen molar-refractivity contribution in [1.29, 1.82) is 0 Å². The number of anilines is 2. The van der Waals surface area contributed by atoms with Gasteiger partial charge in [0.15, 0.2) is 0 Å². The molecular weight excluding hydrogens is 364 g/mol. The summed E-state index contributed by atoms with van der Waals surface area (Å²) < 4.78 is 5.16. The van der Waals surface area contributed by atoms with Crippen LogP contribution in [0, 0.1) is 5.92 Å². The molecule has 1 fully saturated rings. The summed E-state index contributed by atoms with van der Waals surface area (Å²) in [6.07, 6.45) is 5.49. The summed E-state index contributed by atoms with van der Waals surface area (Å²) in [5.74, 6) is 1.37. The molecule has 1 N–H and O–H groups in total. The Morgan fingerprint density at radius 2 is 1.76 bits per heavy atom. The van der Waals surface area contributed by atoms with Gasteiger partial charge in [-0.25, -0.2) is 9.97 Å². The Hall–Kier alpha value is -3.41. The molecule has 1 aliphatic heterocycles. The number of hydrogen-bond donors (Lipinski definition) is 1. The molecule has 2 heterocycles. The van der Waals surface area contributed by atoms with Gasteiger partial charge in [-0.3, -0.25) is 4.79 Å². The van der Waals surface area contributed by atoms with Crippen molar-refractivity contribution in [2.24, 2.45) is 5.92 Å². The summed E-state index contributed by atoms with van der Waals surface area (Å²) in [5.41, 5.74) is 2.85. The van der Waals surface area contributed by atoms with Gasteiger partial charge < -0.3 is 15.0 Å².